The van der Waals surface area contributed by atoms with Crippen LogP contribution in [0, 0.1) is 16.7 Å². The fourth-order valence-corrected chi connectivity index (χ4v) is 6.94. The molecule has 0 radical (unpaired) electrons. The third-order valence-corrected chi connectivity index (χ3v) is 8.66. The molecule has 2 aromatic carbocycles. The molecule has 0 heterocycles. The highest BCUT2D eigenvalue weighted by Gasteiger charge is 2.68. The summed E-state index contributed by atoms with van der Waals surface area (Å²) in [6.45, 7) is 7.52. The smallest absolute Gasteiger partial charge is 0.145 e. The van der Waals surface area contributed by atoms with Gasteiger partial charge in [0.2, 0.25) is 0 Å². The summed E-state index contributed by atoms with van der Waals surface area (Å²) in [4.78, 5) is 0. The Kier molecular flexibility index (Phi) is 5.28. The maximum Gasteiger partial charge on any atom is 0.145 e. The van der Waals surface area contributed by atoms with Gasteiger partial charge in [0.25, 0.3) is 0 Å². The first kappa shape index (κ1) is 19.5. The van der Waals surface area contributed by atoms with Crippen molar-refractivity contribution >= 4 is 17.2 Å². The first-order valence-electron chi connectivity index (χ1n) is 10.1. The molecule has 148 valence electrons. The van der Waals surface area contributed by atoms with Gasteiger partial charge in [0.15, 0.2) is 0 Å². The van der Waals surface area contributed by atoms with Crippen LogP contribution >= 0.6 is 0 Å². The monoisotopic (exact) mass is 395 g/mol. The predicted molar refractivity (Wildman–Crippen MR) is 116 cm³/mol. The molecule has 2 fully saturated rings. The SMILES string of the molecule is CC1(C)[C@@H]2CC[C@@]1(C)[C@H](OCc1ccccc1)[C@@H]2S(=O)/N=C/c1ccccc1. The largest absolute Gasteiger partial charge is 0.372 e. The molecule has 2 saturated carbocycles. The van der Waals surface area contributed by atoms with Gasteiger partial charge in [0, 0.05) is 11.6 Å². The number of hydrogen-bond acceptors (Lipinski definition) is 2. The quantitative estimate of drug-likeness (QED) is 0.632. The molecular formula is C24H29NO2S. The van der Waals surface area contributed by atoms with Crippen LogP contribution in [0.3, 0.4) is 0 Å². The van der Waals surface area contributed by atoms with E-state index in [1.165, 1.54) is 0 Å². The number of benzene rings is 2. The van der Waals surface area contributed by atoms with E-state index in [4.69, 9.17) is 4.74 Å². The zero-order valence-corrected chi connectivity index (χ0v) is 17.7. The summed E-state index contributed by atoms with van der Waals surface area (Å²) in [6, 6.07) is 20.1. The molecular weight excluding hydrogens is 366 g/mol. The number of ether oxygens (including phenoxy) is 1. The average Bonchev–Trinajstić information content (AvgIpc) is 3.04. The van der Waals surface area contributed by atoms with Gasteiger partial charge in [0.05, 0.1) is 18.0 Å². The molecule has 28 heavy (non-hydrogen) atoms. The number of fused-ring (bicyclic) bond motifs is 2. The van der Waals surface area contributed by atoms with E-state index in [0.717, 1.165) is 24.0 Å². The maximum atomic E-state index is 13.3. The average molecular weight is 396 g/mol. The molecule has 2 aliphatic rings. The Morgan fingerprint density at radius 2 is 1.71 bits per heavy atom. The maximum absolute atomic E-state index is 13.3. The lowest BCUT2D eigenvalue weighted by Gasteiger charge is -2.39. The molecule has 0 aliphatic heterocycles. The third kappa shape index (κ3) is 3.27. The molecule has 2 aromatic rings. The van der Waals surface area contributed by atoms with Crippen molar-refractivity contribution in [2.45, 2.75) is 51.6 Å². The highest BCUT2D eigenvalue weighted by Crippen LogP contribution is 2.67. The lowest BCUT2D eigenvalue weighted by atomic mass is 9.70. The van der Waals surface area contributed by atoms with Crippen LogP contribution in [-0.2, 0) is 22.3 Å². The second-order valence-electron chi connectivity index (χ2n) is 8.89. The molecule has 5 atom stereocenters. The Hall–Kier alpha value is -1.78. The van der Waals surface area contributed by atoms with E-state index in [1.807, 2.05) is 48.5 Å². The fraction of sp³-hybridized carbons (Fsp3) is 0.458. The van der Waals surface area contributed by atoms with Crippen molar-refractivity contribution in [1.29, 1.82) is 0 Å². The molecule has 0 N–H and O–H groups in total. The van der Waals surface area contributed by atoms with Crippen LogP contribution in [0.25, 0.3) is 0 Å². The van der Waals surface area contributed by atoms with E-state index in [-0.39, 0.29) is 22.2 Å². The summed E-state index contributed by atoms with van der Waals surface area (Å²) in [5, 5.41) is -0.0579. The minimum atomic E-state index is -1.31. The Bertz CT molecular complexity index is 865. The lowest BCUT2D eigenvalue weighted by Crippen LogP contribution is -2.43. The molecule has 4 heteroatoms. The molecule has 4 rings (SSSR count). The molecule has 0 amide bonds. The van der Waals surface area contributed by atoms with Crippen molar-refractivity contribution in [3.8, 4) is 0 Å². The van der Waals surface area contributed by atoms with E-state index in [9.17, 15) is 4.21 Å². The van der Waals surface area contributed by atoms with Crippen molar-refractivity contribution < 1.29 is 8.95 Å². The van der Waals surface area contributed by atoms with Gasteiger partial charge in [-0.25, -0.2) is 4.21 Å². The zero-order chi connectivity index (χ0) is 19.8. The molecule has 1 unspecified atom stereocenters. The van der Waals surface area contributed by atoms with Gasteiger partial charge in [-0.15, -0.1) is 0 Å². The minimum absolute atomic E-state index is 0.0229. The van der Waals surface area contributed by atoms with Gasteiger partial charge in [-0.3, -0.25) is 0 Å². The normalized spacial score (nSPS) is 32.0. The van der Waals surface area contributed by atoms with E-state index in [2.05, 4.69) is 37.3 Å². The lowest BCUT2D eigenvalue weighted by molar-refractivity contribution is -0.0530. The summed E-state index contributed by atoms with van der Waals surface area (Å²) in [6.07, 6.45) is 3.92. The summed E-state index contributed by atoms with van der Waals surface area (Å²) in [7, 11) is -1.31. The Morgan fingerprint density at radius 1 is 1.07 bits per heavy atom. The fourth-order valence-electron chi connectivity index (χ4n) is 5.23. The van der Waals surface area contributed by atoms with Gasteiger partial charge in [-0.2, -0.15) is 4.40 Å². The van der Waals surface area contributed by atoms with Gasteiger partial charge in [0.1, 0.15) is 11.0 Å². The van der Waals surface area contributed by atoms with Crippen LogP contribution in [0.4, 0.5) is 0 Å². The van der Waals surface area contributed by atoms with Crippen LogP contribution < -0.4 is 0 Å². The Balaban J connectivity index is 1.58. The van der Waals surface area contributed by atoms with Crippen LogP contribution in [0.15, 0.2) is 65.1 Å². The molecule has 2 bridgehead atoms. The van der Waals surface area contributed by atoms with Crippen molar-refractivity contribution in [1.82, 2.24) is 0 Å². The Labute approximate surface area is 170 Å². The van der Waals surface area contributed by atoms with Gasteiger partial charge < -0.3 is 4.74 Å². The third-order valence-electron chi connectivity index (χ3n) is 7.31. The molecule has 0 saturated heterocycles. The molecule has 2 aliphatic carbocycles. The highest BCUT2D eigenvalue weighted by atomic mass is 32.2. The standard InChI is InChI=1S/C24H29NO2S/c1-23(2)20-14-15-24(23,3)22(27-17-19-12-8-5-9-13-19)21(20)28(26)25-16-18-10-6-4-7-11-18/h4-13,16,20-22H,14-15,17H2,1-3H3/b25-16+/t20-,21-,22-,24+,28?/m1/s1. The highest BCUT2D eigenvalue weighted by molar-refractivity contribution is 7.84. The van der Waals surface area contributed by atoms with E-state index >= 15 is 0 Å². The van der Waals surface area contributed by atoms with Crippen molar-refractivity contribution in [3.63, 3.8) is 0 Å². The first-order valence-corrected chi connectivity index (χ1v) is 11.3. The minimum Gasteiger partial charge on any atom is -0.372 e. The van der Waals surface area contributed by atoms with Gasteiger partial charge in [-0.1, -0.05) is 81.4 Å². The summed E-state index contributed by atoms with van der Waals surface area (Å²) in [5.41, 5.74) is 2.25. The second-order valence-corrected chi connectivity index (χ2v) is 10.2. The predicted octanol–water partition coefficient (Wildman–Crippen LogP) is 5.18. The van der Waals surface area contributed by atoms with E-state index < -0.39 is 11.0 Å². The van der Waals surface area contributed by atoms with Crippen LogP contribution in [0.2, 0.25) is 0 Å². The molecule has 0 aromatic heterocycles. The molecule has 3 nitrogen and oxygen atoms in total. The van der Waals surface area contributed by atoms with Gasteiger partial charge >= 0.3 is 0 Å². The number of hydrogen-bond donors (Lipinski definition) is 0. The van der Waals surface area contributed by atoms with Crippen LogP contribution in [-0.4, -0.2) is 21.8 Å². The first-order chi connectivity index (χ1) is 13.4. The Morgan fingerprint density at radius 3 is 2.39 bits per heavy atom. The van der Waals surface area contributed by atoms with Crippen molar-refractivity contribution in [3.05, 3.63) is 71.8 Å². The molecule has 0 spiro atoms. The van der Waals surface area contributed by atoms with E-state index in [0.29, 0.717) is 12.5 Å². The topological polar surface area (TPSA) is 38.7 Å². The zero-order valence-electron chi connectivity index (χ0n) is 16.9. The summed E-state index contributed by atoms with van der Waals surface area (Å²) >= 11 is 0. The summed E-state index contributed by atoms with van der Waals surface area (Å²) in [5.74, 6) is 0.368. The van der Waals surface area contributed by atoms with Crippen LogP contribution in [0.5, 0.6) is 0 Å². The van der Waals surface area contributed by atoms with Crippen molar-refractivity contribution in [2.75, 3.05) is 0 Å². The number of nitrogens with zero attached hydrogens (tertiary/aromatic N) is 1. The summed E-state index contributed by atoms with van der Waals surface area (Å²) < 4.78 is 24.2. The number of rotatable bonds is 6. The van der Waals surface area contributed by atoms with Crippen molar-refractivity contribution in [2.24, 2.45) is 21.1 Å². The van der Waals surface area contributed by atoms with Crippen LogP contribution in [0.1, 0.15) is 44.7 Å². The van der Waals surface area contributed by atoms with Gasteiger partial charge in [-0.05, 0) is 35.3 Å². The van der Waals surface area contributed by atoms with E-state index in [1.54, 1.807) is 6.21 Å². The second kappa shape index (κ2) is 7.57.